The first kappa shape index (κ1) is 21.2. The minimum atomic E-state index is 0.718. The Hall–Kier alpha value is -2.54. The van der Waals surface area contributed by atoms with E-state index in [2.05, 4.69) is 27.2 Å². The van der Waals surface area contributed by atoms with E-state index >= 15 is 0 Å². The maximum Gasteiger partial charge on any atom is 0.194 e. The molecule has 0 radical (unpaired) electrons. The summed E-state index contributed by atoms with van der Waals surface area (Å²) in [6.07, 6.45) is 0.854. The lowest BCUT2D eigenvalue weighted by atomic mass is 10.1. The SMILES string of the molecule is CCNC(=NCCc1c(C)noc1C)N1CCN(CCOc2ccccc2)CC1. The van der Waals surface area contributed by atoms with Gasteiger partial charge in [0.05, 0.1) is 5.69 Å². The second kappa shape index (κ2) is 10.9. The van der Waals surface area contributed by atoms with Crippen LogP contribution in [0.15, 0.2) is 39.8 Å². The first-order valence-corrected chi connectivity index (χ1v) is 10.5. The maximum absolute atomic E-state index is 5.83. The van der Waals surface area contributed by atoms with E-state index in [1.54, 1.807) is 0 Å². The minimum Gasteiger partial charge on any atom is -0.492 e. The molecule has 7 heteroatoms. The van der Waals surface area contributed by atoms with Gasteiger partial charge in [0, 0.05) is 51.4 Å². The quantitative estimate of drug-likeness (QED) is 0.543. The van der Waals surface area contributed by atoms with Crippen molar-refractivity contribution in [2.75, 3.05) is 52.4 Å². The van der Waals surface area contributed by atoms with Gasteiger partial charge in [-0.3, -0.25) is 9.89 Å². The van der Waals surface area contributed by atoms with Gasteiger partial charge in [-0.15, -0.1) is 0 Å². The summed E-state index contributed by atoms with van der Waals surface area (Å²) in [7, 11) is 0. The van der Waals surface area contributed by atoms with Crippen molar-refractivity contribution in [2.45, 2.75) is 27.2 Å². The van der Waals surface area contributed by atoms with Gasteiger partial charge in [-0.1, -0.05) is 23.4 Å². The maximum atomic E-state index is 5.83. The Kier molecular flexibility index (Phi) is 7.93. The molecule has 0 saturated carbocycles. The third kappa shape index (κ3) is 6.22. The fourth-order valence-corrected chi connectivity index (χ4v) is 3.55. The van der Waals surface area contributed by atoms with Crippen LogP contribution in [-0.4, -0.2) is 73.3 Å². The number of nitrogens with one attached hydrogen (secondary N) is 1. The smallest absolute Gasteiger partial charge is 0.194 e. The number of piperazine rings is 1. The van der Waals surface area contributed by atoms with E-state index in [-0.39, 0.29) is 0 Å². The molecule has 0 amide bonds. The summed E-state index contributed by atoms with van der Waals surface area (Å²) in [5, 5.41) is 7.46. The number of hydrogen-bond donors (Lipinski definition) is 1. The molecule has 1 aliphatic heterocycles. The van der Waals surface area contributed by atoms with Crippen molar-refractivity contribution in [2.24, 2.45) is 4.99 Å². The lowest BCUT2D eigenvalue weighted by molar-refractivity contribution is 0.152. The number of para-hydroxylation sites is 1. The number of hydrogen-bond acceptors (Lipinski definition) is 5. The first-order chi connectivity index (χ1) is 14.2. The second-order valence-corrected chi connectivity index (χ2v) is 7.28. The van der Waals surface area contributed by atoms with E-state index in [4.69, 9.17) is 14.3 Å². The van der Waals surface area contributed by atoms with Crippen molar-refractivity contribution in [1.29, 1.82) is 0 Å². The fourth-order valence-electron chi connectivity index (χ4n) is 3.55. The molecule has 0 bridgehead atoms. The monoisotopic (exact) mass is 399 g/mol. The van der Waals surface area contributed by atoms with Crippen LogP contribution in [0.3, 0.4) is 0 Å². The van der Waals surface area contributed by atoms with Gasteiger partial charge in [-0.05, 0) is 39.3 Å². The van der Waals surface area contributed by atoms with Crippen LogP contribution in [0.4, 0.5) is 0 Å². The average molecular weight is 400 g/mol. The van der Waals surface area contributed by atoms with Crippen molar-refractivity contribution in [3.8, 4) is 5.75 Å². The van der Waals surface area contributed by atoms with Gasteiger partial charge in [0.2, 0.25) is 0 Å². The van der Waals surface area contributed by atoms with Crippen molar-refractivity contribution in [3.05, 3.63) is 47.3 Å². The van der Waals surface area contributed by atoms with Gasteiger partial charge in [-0.25, -0.2) is 0 Å². The third-order valence-corrected chi connectivity index (χ3v) is 5.23. The molecule has 0 spiro atoms. The molecule has 0 unspecified atom stereocenters. The molecule has 3 rings (SSSR count). The third-order valence-electron chi connectivity index (χ3n) is 5.23. The fraction of sp³-hybridized carbons (Fsp3) is 0.545. The molecule has 1 aromatic heterocycles. The van der Waals surface area contributed by atoms with E-state index < -0.39 is 0 Å². The zero-order chi connectivity index (χ0) is 20.5. The topological polar surface area (TPSA) is 66.1 Å². The van der Waals surface area contributed by atoms with Crippen molar-refractivity contribution in [1.82, 2.24) is 20.3 Å². The van der Waals surface area contributed by atoms with Crippen LogP contribution in [0.25, 0.3) is 0 Å². The Bertz CT molecular complexity index is 747. The lowest BCUT2D eigenvalue weighted by Crippen LogP contribution is -2.53. The van der Waals surface area contributed by atoms with E-state index in [9.17, 15) is 0 Å². The van der Waals surface area contributed by atoms with Gasteiger partial charge in [-0.2, -0.15) is 0 Å². The zero-order valence-corrected chi connectivity index (χ0v) is 17.9. The molecular formula is C22H33N5O2. The van der Waals surface area contributed by atoms with E-state index in [1.807, 2.05) is 44.2 Å². The van der Waals surface area contributed by atoms with E-state index in [0.29, 0.717) is 0 Å². The molecule has 2 aromatic rings. The summed E-state index contributed by atoms with van der Waals surface area (Å²) in [5.74, 6) is 2.83. The number of guanidine groups is 1. The predicted molar refractivity (Wildman–Crippen MR) is 116 cm³/mol. The van der Waals surface area contributed by atoms with Crippen molar-refractivity contribution >= 4 is 5.96 Å². The number of ether oxygens (including phenoxy) is 1. The Morgan fingerprint density at radius 1 is 1.17 bits per heavy atom. The number of rotatable bonds is 8. The van der Waals surface area contributed by atoms with Crippen LogP contribution >= 0.6 is 0 Å². The van der Waals surface area contributed by atoms with Gasteiger partial charge >= 0.3 is 0 Å². The number of aliphatic imine (C=N–C) groups is 1. The van der Waals surface area contributed by atoms with Crippen LogP contribution in [0, 0.1) is 13.8 Å². The Labute approximate surface area is 173 Å². The van der Waals surface area contributed by atoms with Crippen molar-refractivity contribution < 1.29 is 9.26 Å². The minimum absolute atomic E-state index is 0.718. The lowest BCUT2D eigenvalue weighted by Gasteiger charge is -2.36. The van der Waals surface area contributed by atoms with Crippen LogP contribution < -0.4 is 10.1 Å². The van der Waals surface area contributed by atoms with Gasteiger partial charge in [0.15, 0.2) is 5.96 Å². The zero-order valence-electron chi connectivity index (χ0n) is 17.9. The number of aryl methyl sites for hydroxylation is 2. The summed E-state index contributed by atoms with van der Waals surface area (Å²) in [6.45, 7) is 13.3. The van der Waals surface area contributed by atoms with Crippen LogP contribution in [0.5, 0.6) is 5.75 Å². The van der Waals surface area contributed by atoms with Crippen LogP contribution in [-0.2, 0) is 6.42 Å². The van der Waals surface area contributed by atoms with Gasteiger partial charge < -0.3 is 19.5 Å². The highest BCUT2D eigenvalue weighted by molar-refractivity contribution is 5.80. The van der Waals surface area contributed by atoms with Gasteiger partial charge in [0.25, 0.3) is 0 Å². The highest BCUT2D eigenvalue weighted by atomic mass is 16.5. The van der Waals surface area contributed by atoms with Crippen LogP contribution in [0.1, 0.15) is 23.9 Å². The molecule has 158 valence electrons. The van der Waals surface area contributed by atoms with Crippen molar-refractivity contribution in [3.63, 3.8) is 0 Å². The molecular weight excluding hydrogens is 366 g/mol. The van der Waals surface area contributed by atoms with E-state index in [0.717, 1.165) is 82.0 Å². The summed E-state index contributed by atoms with van der Waals surface area (Å²) >= 11 is 0. The predicted octanol–water partition coefficient (Wildman–Crippen LogP) is 2.50. The molecule has 1 aliphatic rings. The Morgan fingerprint density at radius 2 is 1.93 bits per heavy atom. The molecule has 1 N–H and O–H groups in total. The highest BCUT2D eigenvalue weighted by Crippen LogP contribution is 2.13. The molecule has 1 saturated heterocycles. The normalized spacial score (nSPS) is 15.6. The Morgan fingerprint density at radius 3 is 2.59 bits per heavy atom. The molecule has 29 heavy (non-hydrogen) atoms. The standard InChI is InChI=1S/C22H33N5O2/c1-4-23-22(24-11-10-21-18(2)25-29-19(21)3)27-14-12-26(13-15-27)16-17-28-20-8-6-5-7-9-20/h5-9H,4,10-17H2,1-3H3,(H,23,24). The molecule has 1 fully saturated rings. The number of nitrogens with zero attached hydrogens (tertiary/aromatic N) is 4. The second-order valence-electron chi connectivity index (χ2n) is 7.28. The molecule has 0 aliphatic carbocycles. The van der Waals surface area contributed by atoms with Crippen LogP contribution in [0.2, 0.25) is 0 Å². The first-order valence-electron chi connectivity index (χ1n) is 10.5. The highest BCUT2D eigenvalue weighted by Gasteiger charge is 2.19. The summed E-state index contributed by atoms with van der Waals surface area (Å²) in [6, 6.07) is 10.0. The summed E-state index contributed by atoms with van der Waals surface area (Å²) in [5.41, 5.74) is 2.14. The van der Waals surface area contributed by atoms with E-state index in [1.165, 1.54) is 5.56 Å². The number of benzene rings is 1. The Balaban J connectivity index is 1.44. The molecule has 0 atom stereocenters. The summed E-state index contributed by atoms with van der Waals surface area (Å²) < 4.78 is 11.1. The molecule has 1 aromatic carbocycles. The molecule has 7 nitrogen and oxygen atoms in total. The van der Waals surface area contributed by atoms with Gasteiger partial charge in [0.1, 0.15) is 18.1 Å². The number of aromatic nitrogens is 1. The largest absolute Gasteiger partial charge is 0.492 e. The summed E-state index contributed by atoms with van der Waals surface area (Å²) in [4.78, 5) is 9.64. The molecule has 2 heterocycles. The average Bonchev–Trinajstić information content (AvgIpc) is 3.06.